The van der Waals surface area contributed by atoms with Gasteiger partial charge in [0.2, 0.25) is 0 Å². The first-order valence-electron chi connectivity index (χ1n) is 5.83. The van der Waals surface area contributed by atoms with Crippen LogP contribution >= 0.6 is 0 Å². The van der Waals surface area contributed by atoms with Crippen LogP contribution in [0.4, 0.5) is 0 Å². The number of rotatable bonds is 5. The molecule has 1 aromatic heterocycles. The smallest absolute Gasteiger partial charge is 0.105 e. The Hall–Kier alpha value is -0.800. The van der Waals surface area contributed by atoms with Gasteiger partial charge in [0.1, 0.15) is 5.76 Å². The summed E-state index contributed by atoms with van der Waals surface area (Å²) in [5, 5.41) is 6.99. The molecule has 3 heteroatoms. The third-order valence-corrected chi connectivity index (χ3v) is 3.19. The zero-order valence-electron chi connectivity index (χ0n) is 9.33. The summed E-state index contributed by atoms with van der Waals surface area (Å²) in [6, 6.07) is 4.62. The second kappa shape index (κ2) is 5.33. The van der Waals surface area contributed by atoms with Crippen LogP contribution in [0.1, 0.15) is 19.1 Å². The Balaban J connectivity index is 1.59. The van der Waals surface area contributed by atoms with Gasteiger partial charge in [-0.15, -0.1) is 0 Å². The molecular formula is C12H20N2O. The lowest BCUT2D eigenvalue weighted by Crippen LogP contribution is -2.37. The molecule has 2 atom stereocenters. The largest absolute Gasteiger partial charge is 0.469 e. The van der Waals surface area contributed by atoms with E-state index < -0.39 is 0 Å². The van der Waals surface area contributed by atoms with Crippen LogP contribution in [-0.4, -0.2) is 25.7 Å². The van der Waals surface area contributed by atoms with E-state index in [2.05, 4.69) is 17.6 Å². The van der Waals surface area contributed by atoms with E-state index in [-0.39, 0.29) is 0 Å². The van der Waals surface area contributed by atoms with Crippen molar-refractivity contribution in [2.75, 3.05) is 19.6 Å². The fourth-order valence-corrected chi connectivity index (χ4v) is 2.10. The molecule has 1 fully saturated rings. The summed E-state index contributed by atoms with van der Waals surface area (Å²) >= 11 is 0. The van der Waals surface area contributed by atoms with Crippen molar-refractivity contribution in [2.24, 2.45) is 5.92 Å². The van der Waals surface area contributed by atoms with Gasteiger partial charge >= 0.3 is 0 Å². The van der Waals surface area contributed by atoms with Crippen molar-refractivity contribution >= 4 is 0 Å². The third kappa shape index (κ3) is 3.08. The first kappa shape index (κ1) is 10.7. The molecule has 0 aromatic carbocycles. The maximum absolute atomic E-state index is 5.27. The molecule has 0 bridgehead atoms. The Labute approximate surface area is 91.2 Å². The minimum Gasteiger partial charge on any atom is -0.469 e. The van der Waals surface area contributed by atoms with Crippen LogP contribution < -0.4 is 10.6 Å². The summed E-state index contributed by atoms with van der Waals surface area (Å²) < 4.78 is 5.27. The van der Waals surface area contributed by atoms with Gasteiger partial charge in [-0.2, -0.15) is 0 Å². The van der Waals surface area contributed by atoms with Crippen molar-refractivity contribution in [1.29, 1.82) is 0 Å². The first-order valence-corrected chi connectivity index (χ1v) is 5.83. The minimum absolute atomic E-state index is 0.654. The van der Waals surface area contributed by atoms with Crippen LogP contribution in [0.2, 0.25) is 0 Å². The molecule has 0 amide bonds. The molecule has 1 saturated heterocycles. The summed E-state index contributed by atoms with van der Waals surface area (Å²) in [4.78, 5) is 0. The standard InChI is InChI=1S/C12H20N2O/c1-10-4-7-14-12(10)9-13-6-5-11-3-2-8-15-11/h2-3,8,10,12-14H,4-7,9H2,1H3. The SMILES string of the molecule is CC1CCNC1CNCCc1ccco1. The average molecular weight is 208 g/mol. The quantitative estimate of drug-likeness (QED) is 0.718. The van der Waals surface area contributed by atoms with E-state index in [1.807, 2.05) is 12.1 Å². The lowest BCUT2D eigenvalue weighted by atomic mass is 10.0. The highest BCUT2D eigenvalue weighted by Crippen LogP contribution is 2.13. The van der Waals surface area contributed by atoms with E-state index in [1.54, 1.807) is 6.26 Å². The van der Waals surface area contributed by atoms with E-state index >= 15 is 0 Å². The summed E-state index contributed by atoms with van der Waals surface area (Å²) in [5.41, 5.74) is 0. The van der Waals surface area contributed by atoms with Crippen LogP contribution in [0.15, 0.2) is 22.8 Å². The Bertz CT molecular complexity index is 271. The van der Waals surface area contributed by atoms with Crippen LogP contribution in [0.5, 0.6) is 0 Å². The highest BCUT2D eigenvalue weighted by atomic mass is 16.3. The molecule has 0 radical (unpaired) electrons. The lowest BCUT2D eigenvalue weighted by Gasteiger charge is -2.15. The molecule has 0 aliphatic carbocycles. The molecule has 1 aliphatic heterocycles. The van der Waals surface area contributed by atoms with E-state index in [0.717, 1.165) is 31.2 Å². The van der Waals surface area contributed by atoms with Gasteiger partial charge in [0.25, 0.3) is 0 Å². The molecule has 1 aliphatic rings. The summed E-state index contributed by atoms with van der Waals surface area (Å²) in [7, 11) is 0. The van der Waals surface area contributed by atoms with Gasteiger partial charge in [-0.25, -0.2) is 0 Å². The molecule has 15 heavy (non-hydrogen) atoms. The van der Waals surface area contributed by atoms with E-state index in [1.165, 1.54) is 13.0 Å². The van der Waals surface area contributed by atoms with Gasteiger partial charge in [-0.1, -0.05) is 6.92 Å². The molecular weight excluding hydrogens is 188 g/mol. The highest BCUT2D eigenvalue weighted by Gasteiger charge is 2.21. The molecule has 2 unspecified atom stereocenters. The Morgan fingerprint density at radius 3 is 3.20 bits per heavy atom. The topological polar surface area (TPSA) is 37.2 Å². The Morgan fingerprint density at radius 1 is 1.60 bits per heavy atom. The maximum Gasteiger partial charge on any atom is 0.105 e. The first-order chi connectivity index (χ1) is 7.36. The fraction of sp³-hybridized carbons (Fsp3) is 0.667. The summed E-state index contributed by atoms with van der Waals surface area (Å²) in [6.07, 6.45) is 4.02. The molecule has 84 valence electrons. The van der Waals surface area contributed by atoms with Crippen LogP contribution in [0.3, 0.4) is 0 Å². The van der Waals surface area contributed by atoms with Gasteiger partial charge in [0, 0.05) is 25.6 Å². The fourth-order valence-electron chi connectivity index (χ4n) is 2.10. The normalized spacial score (nSPS) is 25.9. The molecule has 1 aromatic rings. The maximum atomic E-state index is 5.27. The monoisotopic (exact) mass is 208 g/mol. The molecule has 2 N–H and O–H groups in total. The third-order valence-electron chi connectivity index (χ3n) is 3.19. The minimum atomic E-state index is 0.654. The van der Waals surface area contributed by atoms with Gasteiger partial charge < -0.3 is 15.1 Å². The lowest BCUT2D eigenvalue weighted by molar-refractivity contribution is 0.440. The second-order valence-corrected chi connectivity index (χ2v) is 4.36. The number of nitrogens with one attached hydrogen (secondary N) is 2. The van der Waals surface area contributed by atoms with Gasteiger partial charge in [0.05, 0.1) is 6.26 Å². The Morgan fingerprint density at radius 2 is 2.53 bits per heavy atom. The van der Waals surface area contributed by atoms with Crippen LogP contribution in [-0.2, 0) is 6.42 Å². The zero-order chi connectivity index (χ0) is 10.5. The number of hydrogen-bond donors (Lipinski definition) is 2. The number of furan rings is 1. The van der Waals surface area contributed by atoms with Crippen LogP contribution in [0, 0.1) is 5.92 Å². The van der Waals surface area contributed by atoms with Crippen molar-refractivity contribution < 1.29 is 4.42 Å². The molecule has 3 nitrogen and oxygen atoms in total. The second-order valence-electron chi connectivity index (χ2n) is 4.36. The van der Waals surface area contributed by atoms with Crippen molar-refractivity contribution in [3.63, 3.8) is 0 Å². The van der Waals surface area contributed by atoms with Crippen molar-refractivity contribution in [2.45, 2.75) is 25.8 Å². The van der Waals surface area contributed by atoms with Crippen molar-refractivity contribution in [3.8, 4) is 0 Å². The predicted octanol–water partition coefficient (Wildman–Crippen LogP) is 1.41. The van der Waals surface area contributed by atoms with E-state index in [9.17, 15) is 0 Å². The van der Waals surface area contributed by atoms with Gasteiger partial charge in [-0.05, 0) is 31.0 Å². The van der Waals surface area contributed by atoms with E-state index in [4.69, 9.17) is 4.42 Å². The van der Waals surface area contributed by atoms with Gasteiger partial charge in [-0.3, -0.25) is 0 Å². The van der Waals surface area contributed by atoms with Crippen LogP contribution in [0.25, 0.3) is 0 Å². The zero-order valence-corrected chi connectivity index (χ0v) is 9.33. The molecule has 0 saturated carbocycles. The Kier molecular flexibility index (Phi) is 3.80. The predicted molar refractivity (Wildman–Crippen MR) is 60.9 cm³/mol. The molecule has 2 heterocycles. The summed E-state index contributed by atoms with van der Waals surface area (Å²) in [6.45, 7) is 5.56. The summed E-state index contributed by atoms with van der Waals surface area (Å²) in [5.74, 6) is 1.87. The highest BCUT2D eigenvalue weighted by molar-refractivity contribution is 4.98. The molecule has 0 spiro atoms. The average Bonchev–Trinajstić information content (AvgIpc) is 2.85. The van der Waals surface area contributed by atoms with Crippen molar-refractivity contribution in [1.82, 2.24) is 10.6 Å². The number of hydrogen-bond acceptors (Lipinski definition) is 3. The van der Waals surface area contributed by atoms with E-state index in [0.29, 0.717) is 6.04 Å². The van der Waals surface area contributed by atoms with Gasteiger partial charge in [0.15, 0.2) is 0 Å². The van der Waals surface area contributed by atoms with Crippen molar-refractivity contribution in [3.05, 3.63) is 24.2 Å². The molecule has 2 rings (SSSR count).